The van der Waals surface area contributed by atoms with Gasteiger partial charge in [-0.1, -0.05) is 18.2 Å². The first-order valence-corrected chi connectivity index (χ1v) is 9.81. The molecule has 0 heterocycles. The molecule has 1 N–H and O–H groups in total. The van der Waals surface area contributed by atoms with Crippen LogP contribution >= 0.6 is 0 Å². The molecule has 124 valence electrons. The zero-order valence-electron chi connectivity index (χ0n) is 14.1. The zero-order valence-corrected chi connectivity index (χ0v) is 15.0. The van der Waals surface area contributed by atoms with E-state index in [1.807, 2.05) is 32.9 Å². The Morgan fingerprint density at radius 3 is 2.52 bits per heavy atom. The minimum Gasteiger partial charge on any atom is -0.207 e. The molecule has 0 spiro atoms. The molecule has 0 aromatic heterocycles. The van der Waals surface area contributed by atoms with Crippen LogP contribution in [0.2, 0.25) is 0 Å². The quantitative estimate of drug-likeness (QED) is 0.902. The van der Waals surface area contributed by atoms with Gasteiger partial charge in [0, 0.05) is 5.54 Å². The van der Waals surface area contributed by atoms with E-state index in [0.29, 0.717) is 4.90 Å². The van der Waals surface area contributed by atoms with Crippen LogP contribution in [-0.2, 0) is 16.4 Å². The van der Waals surface area contributed by atoms with Gasteiger partial charge in [-0.3, -0.25) is 0 Å². The van der Waals surface area contributed by atoms with Crippen molar-refractivity contribution in [1.82, 2.24) is 4.72 Å². The maximum atomic E-state index is 12.5. The Morgan fingerprint density at radius 1 is 1.09 bits per heavy atom. The number of benzene rings is 1. The van der Waals surface area contributed by atoms with Crippen LogP contribution in [0, 0.1) is 0 Å². The van der Waals surface area contributed by atoms with Gasteiger partial charge < -0.3 is 0 Å². The fraction of sp³-hybridized carbons (Fsp3) is 0.474. The first kappa shape index (κ1) is 16.5. The summed E-state index contributed by atoms with van der Waals surface area (Å²) in [6, 6.07) is 5.53. The molecule has 0 saturated carbocycles. The molecule has 0 atom stereocenters. The lowest BCUT2D eigenvalue weighted by Gasteiger charge is -2.21. The van der Waals surface area contributed by atoms with Crippen LogP contribution in [-0.4, -0.2) is 14.0 Å². The van der Waals surface area contributed by atoms with E-state index in [1.165, 1.54) is 29.6 Å². The summed E-state index contributed by atoms with van der Waals surface area (Å²) in [6.45, 7) is 5.56. The Kier molecular flexibility index (Phi) is 4.23. The number of hydrogen-bond donors (Lipinski definition) is 1. The summed E-state index contributed by atoms with van der Waals surface area (Å²) >= 11 is 0. The predicted octanol–water partition coefficient (Wildman–Crippen LogP) is 4.20. The molecule has 0 aliphatic heterocycles. The van der Waals surface area contributed by atoms with Crippen molar-refractivity contribution in [3.63, 3.8) is 0 Å². The summed E-state index contributed by atoms with van der Waals surface area (Å²) in [7, 11) is -3.47. The lowest BCUT2D eigenvalue weighted by atomic mass is 9.90. The Balaban J connectivity index is 1.90. The van der Waals surface area contributed by atoms with Crippen molar-refractivity contribution in [3.8, 4) is 0 Å². The summed E-state index contributed by atoms with van der Waals surface area (Å²) in [5, 5.41) is 0. The Bertz CT molecular complexity index is 780. The van der Waals surface area contributed by atoms with Gasteiger partial charge in [-0.05, 0) is 87.3 Å². The highest BCUT2D eigenvalue weighted by Crippen LogP contribution is 2.37. The second kappa shape index (κ2) is 5.91. The number of allylic oxidation sites excluding steroid dienone is 4. The minimum atomic E-state index is -3.47. The second-order valence-corrected chi connectivity index (χ2v) is 9.15. The zero-order chi connectivity index (χ0) is 16.7. The SMILES string of the molecule is CC(C)(C)NS(=O)(=O)c1ccc2c(c1)CC=C2C1=CCCCC1. The van der Waals surface area contributed by atoms with Gasteiger partial charge in [-0.2, -0.15) is 0 Å². The molecule has 0 saturated heterocycles. The molecule has 2 aliphatic carbocycles. The molecule has 23 heavy (non-hydrogen) atoms. The molecule has 1 aromatic rings. The third-order valence-corrected chi connectivity index (χ3v) is 6.04. The van der Waals surface area contributed by atoms with Crippen molar-refractivity contribution < 1.29 is 8.42 Å². The van der Waals surface area contributed by atoms with Crippen LogP contribution in [0.1, 0.15) is 57.6 Å². The number of fused-ring (bicyclic) bond motifs is 1. The Morgan fingerprint density at radius 2 is 1.87 bits per heavy atom. The fourth-order valence-electron chi connectivity index (χ4n) is 3.34. The van der Waals surface area contributed by atoms with Crippen LogP contribution in [0.25, 0.3) is 5.57 Å². The van der Waals surface area contributed by atoms with E-state index < -0.39 is 15.6 Å². The normalized spacial score (nSPS) is 18.4. The number of hydrogen-bond acceptors (Lipinski definition) is 2. The third-order valence-electron chi connectivity index (χ3n) is 4.28. The van der Waals surface area contributed by atoms with Crippen molar-refractivity contribution >= 4 is 15.6 Å². The van der Waals surface area contributed by atoms with Crippen molar-refractivity contribution in [2.75, 3.05) is 0 Å². The lowest BCUT2D eigenvalue weighted by Crippen LogP contribution is -2.40. The molecular weight excluding hydrogens is 306 g/mol. The number of nitrogens with one attached hydrogen (secondary N) is 1. The summed E-state index contributed by atoms with van der Waals surface area (Å²) < 4.78 is 27.7. The second-order valence-electron chi connectivity index (χ2n) is 7.47. The van der Waals surface area contributed by atoms with Crippen LogP contribution in [0.3, 0.4) is 0 Å². The first-order valence-electron chi connectivity index (χ1n) is 8.33. The minimum absolute atomic E-state index is 0.360. The average molecular weight is 331 g/mol. The van der Waals surface area contributed by atoms with Crippen LogP contribution in [0.4, 0.5) is 0 Å². The van der Waals surface area contributed by atoms with Gasteiger partial charge in [0.1, 0.15) is 0 Å². The van der Waals surface area contributed by atoms with E-state index in [0.717, 1.165) is 24.8 Å². The van der Waals surface area contributed by atoms with E-state index in [9.17, 15) is 8.42 Å². The van der Waals surface area contributed by atoms with E-state index in [4.69, 9.17) is 0 Å². The van der Waals surface area contributed by atoms with E-state index >= 15 is 0 Å². The molecule has 3 nitrogen and oxygen atoms in total. The van der Waals surface area contributed by atoms with Gasteiger partial charge in [0.15, 0.2) is 0 Å². The molecule has 0 bridgehead atoms. The third kappa shape index (κ3) is 3.59. The van der Waals surface area contributed by atoms with E-state index in [2.05, 4.69) is 16.9 Å². The highest BCUT2D eigenvalue weighted by Gasteiger charge is 2.25. The lowest BCUT2D eigenvalue weighted by molar-refractivity contribution is 0.491. The molecule has 2 aliphatic rings. The van der Waals surface area contributed by atoms with Gasteiger partial charge in [0.2, 0.25) is 10.0 Å². The van der Waals surface area contributed by atoms with Gasteiger partial charge in [-0.15, -0.1) is 0 Å². The largest absolute Gasteiger partial charge is 0.241 e. The van der Waals surface area contributed by atoms with Crippen LogP contribution < -0.4 is 4.72 Å². The van der Waals surface area contributed by atoms with Crippen LogP contribution in [0.5, 0.6) is 0 Å². The standard InChI is InChI=1S/C19H25NO2S/c1-19(2,3)20-23(21,22)16-10-12-18-15(13-16)9-11-17(18)14-7-5-4-6-8-14/h7,10-13,20H,4-6,8-9H2,1-3H3. The molecule has 4 heteroatoms. The molecule has 3 rings (SSSR count). The molecule has 0 unspecified atom stereocenters. The molecule has 1 aromatic carbocycles. The Hall–Kier alpha value is -1.39. The summed E-state index contributed by atoms with van der Waals surface area (Å²) in [5.41, 5.74) is 4.58. The summed E-state index contributed by atoms with van der Waals surface area (Å²) in [6.07, 6.45) is 10.2. The predicted molar refractivity (Wildman–Crippen MR) is 94.7 cm³/mol. The Labute approximate surface area is 139 Å². The smallest absolute Gasteiger partial charge is 0.207 e. The summed E-state index contributed by atoms with van der Waals surface area (Å²) in [4.78, 5) is 0.360. The maximum absolute atomic E-state index is 12.5. The van der Waals surface area contributed by atoms with Crippen molar-refractivity contribution in [1.29, 1.82) is 0 Å². The van der Waals surface area contributed by atoms with Crippen molar-refractivity contribution in [2.45, 2.75) is 63.3 Å². The topological polar surface area (TPSA) is 46.2 Å². The van der Waals surface area contributed by atoms with Crippen molar-refractivity contribution in [2.24, 2.45) is 0 Å². The average Bonchev–Trinajstić information content (AvgIpc) is 2.88. The highest BCUT2D eigenvalue weighted by molar-refractivity contribution is 7.89. The number of rotatable bonds is 3. The van der Waals surface area contributed by atoms with Gasteiger partial charge in [-0.25, -0.2) is 13.1 Å². The summed E-state index contributed by atoms with van der Waals surface area (Å²) in [5.74, 6) is 0. The van der Waals surface area contributed by atoms with Crippen molar-refractivity contribution in [3.05, 3.63) is 47.1 Å². The van der Waals surface area contributed by atoms with E-state index in [-0.39, 0.29) is 0 Å². The van der Waals surface area contributed by atoms with Gasteiger partial charge in [0.05, 0.1) is 4.90 Å². The monoisotopic (exact) mass is 331 g/mol. The molecule has 0 fully saturated rings. The maximum Gasteiger partial charge on any atom is 0.241 e. The molecular formula is C19H25NO2S. The first-order chi connectivity index (χ1) is 10.8. The van der Waals surface area contributed by atoms with E-state index in [1.54, 1.807) is 6.07 Å². The highest BCUT2D eigenvalue weighted by atomic mass is 32.2. The fourth-order valence-corrected chi connectivity index (χ4v) is 4.81. The molecule has 0 amide bonds. The van der Waals surface area contributed by atoms with Crippen LogP contribution in [0.15, 0.2) is 40.8 Å². The number of sulfonamides is 1. The van der Waals surface area contributed by atoms with Gasteiger partial charge >= 0.3 is 0 Å². The van der Waals surface area contributed by atoms with Gasteiger partial charge in [0.25, 0.3) is 0 Å². The molecule has 0 radical (unpaired) electrons.